The molecule has 0 aromatic carbocycles. The summed E-state index contributed by atoms with van der Waals surface area (Å²) >= 11 is 0. The summed E-state index contributed by atoms with van der Waals surface area (Å²) in [7, 11) is 0. The van der Waals surface area contributed by atoms with Gasteiger partial charge in [-0.05, 0) is 0 Å². The molecule has 0 unspecified atom stereocenters. The highest BCUT2D eigenvalue weighted by molar-refractivity contribution is 5.74. The molecule has 1 aliphatic rings. The van der Waals surface area contributed by atoms with Crippen molar-refractivity contribution in [2.45, 2.75) is 56.1 Å². The predicted molar refractivity (Wildman–Crippen MR) is 76.7 cm³/mol. The minimum atomic E-state index is -1.63. The number of hydrogen-bond acceptors (Lipinski definition) is 9. The number of carbonyl (C=O) groups is 2. The second-order valence-corrected chi connectivity index (χ2v) is 5.43. The van der Waals surface area contributed by atoms with Crippen molar-refractivity contribution in [2.24, 2.45) is 11.5 Å². The van der Waals surface area contributed by atoms with Crippen molar-refractivity contribution < 1.29 is 34.8 Å². The molecule has 1 aliphatic heterocycles. The smallest absolute Gasteiger partial charge is 0.332 e. The number of rotatable bonds is 7. The maximum absolute atomic E-state index is 11.4. The van der Waals surface area contributed by atoms with Crippen LogP contribution in [-0.2, 0) is 14.3 Å². The first-order valence-corrected chi connectivity index (χ1v) is 7.07. The summed E-state index contributed by atoms with van der Waals surface area (Å²) < 4.78 is 5.30. The van der Waals surface area contributed by atoms with Gasteiger partial charge >= 0.3 is 5.97 Å². The molecular formula is C12H24N4O7. The van der Waals surface area contributed by atoms with Crippen molar-refractivity contribution >= 4 is 11.9 Å². The molecule has 1 fully saturated rings. The van der Waals surface area contributed by atoms with Gasteiger partial charge in [-0.2, -0.15) is 0 Å². The number of carbonyl (C=O) groups excluding carboxylic acids is 1. The quantitative estimate of drug-likeness (QED) is 0.210. The first-order chi connectivity index (χ1) is 10.7. The number of ether oxygens (including phenoxy) is 1. The Bertz CT molecular complexity index is 422. The van der Waals surface area contributed by atoms with Crippen molar-refractivity contribution in [1.29, 1.82) is 0 Å². The highest BCUT2D eigenvalue weighted by Gasteiger charge is 2.46. The van der Waals surface area contributed by atoms with E-state index in [1.807, 2.05) is 0 Å². The molecule has 1 amide bonds. The minimum absolute atomic E-state index is 0.0659. The van der Waals surface area contributed by atoms with Crippen LogP contribution in [0.1, 0.15) is 13.3 Å². The Morgan fingerprint density at radius 1 is 1.35 bits per heavy atom. The maximum atomic E-state index is 11.4. The number of nitrogens with two attached hydrogens (primary N) is 2. The zero-order chi connectivity index (χ0) is 17.7. The highest BCUT2D eigenvalue weighted by Crippen LogP contribution is 2.24. The molecule has 134 valence electrons. The molecule has 1 heterocycles. The highest BCUT2D eigenvalue weighted by atomic mass is 16.5. The van der Waals surface area contributed by atoms with Gasteiger partial charge in [0, 0.05) is 19.4 Å². The van der Waals surface area contributed by atoms with E-state index in [1.165, 1.54) is 6.92 Å². The number of nitrogens with one attached hydrogen (secondary N) is 2. The fourth-order valence-corrected chi connectivity index (χ4v) is 2.55. The molecule has 0 spiro atoms. The zero-order valence-corrected chi connectivity index (χ0v) is 12.6. The number of aliphatic carboxylic acids is 1. The molecule has 0 aromatic heterocycles. The fraction of sp³-hybridized carbons (Fsp3) is 0.833. The van der Waals surface area contributed by atoms with Gasteiger partial charge in [0.15, 0.2) is 6.10 Å². The van der Waals surface area contributed by atoms with E-state index in [9.17, 15) is 19.8 Å². The van der Waals surface area contributed by atoms with Gasteiger partial charge in [0.05, 0.1) is 12.6 Å². The molecule has 0 saturated carbocycles. The van der Waals surface area contributed by atoms with E-state index >= 15 is 0 Å². The number of carboxylic acids is 1. The van der Waals surface area contributed by atoms with E-state index in [2.05, 4.69) is 10.6 Å². The van der Waals surface area contributed by atoms with Crippen LogP contribution in [0, 0.1) is 0 Å². The third-order valence-corrected chi connectivity index (χ3v) is 3.55. The molecule has 1 saturated heterocycles. The van der Waals surface area contributed by atoms with Crippen LogP contribution in [0.5, 0.6) is 0 Å². The number of carboxylic acid groups (broad SMARTS) is 1. The Morgan fingerprint density at radius 3 is 2.39 bits per heavy atom. The van der Waals surface area contributed by atoms with Gasteiger partial charge in [0.2, 0.25) is 5.91 Å². The van der Waals surface area contributed by atoms with Gasteiger partial charge in [-0.3, -0.25) is 10.1 Å². The summed E-state index contributed by atoms with van der Waals surface area (Å²) in [5.41, 5.74) is 10.9. The van der Waals surface area contributed by atoms with Gasteiger partial charge in [0.1, 0.15) is 24.6 Å². The fourth-order valence-electron chi connectivity index (χ4n) is 2.55. The van der Waals surface area contributed by atoms with Crippen molar-refractivity contribution in [1.82, 2.24) is 10.6 Å². The second-order valence-electron chi connectivity index (χ2n) is 5.43. The minimum Gasteiger partial charge on any atom is -0.479 e. The van der Waals surface area contributed by atoms with E-state index in [4.69, 9.17) is 26.4 Å². The van der Waals surface area contributed by atoms with Crippen molar-refractivity contribution in [3.05, 3.63) is 0 Å². The molecule has 11 heteroatoms. The van der Waals surface area contributed by atoms with Crippen LogP contribution < -0.4 is 22.1 Å². The lowest BCUT2D eigenvalue weighted by Crippen LogP contribution is -2.69. The van der Waals surface area contributed by atoms with E-state index < -0.39 is 61.3 Å². The number of aliphatic hydroxyl groups excluding tert-OH is 3. The summed E-state index contributed by atoms with van der Waals surface area (Å²) in [5.74, 6) is -1.74. The van der Waals surface area contributed by atoms with Gasteiger partial charge in [-0.25, -0.2) is 4.79 Å². The summed E-state index contributed by atoms with van der Waals surface area (Å²) in [4.78, 5) is 22.6. The molecule has 0 aromatic rings. The molecule has 0 aliphatic carbocycles. The van der Waals surface area contributed by atoms with Crippen LogP contribution in [0.2, 0.25) is 0 Å². The van der Waals surface area contributed by atoms with Gasteiger partial charge in [-0.15, -0.1) is 0 Å². The average Bonchev–Trinajstić information content (AvgIpc) is 2.45. The molecular weight excluding hydrogens is 312 g/mol. The lowest BCUT2D eigenvalue weighted by Gasteiger charge is -2.44. The third kappa shape index (κ3) is 5.35. The molecule has 10 N–H and O–H groups in total. The lowest BCUT2D eigenvalue weighted by atomic mass is 9.88. The summed E-state index contributed by atoms with van der Waals surface area (Å²) in [6, 6.07) is -1.63. The van der Waals surface area contributed by atoms with E-state index in [1.54, 1.807) is 0 Å². The Labute approximate surface area is 132 Å². The topological polar surface area (TPSA) is 200 Å². The second kappa shape index (κ2) is 8.49. The Morgan fingerprint density at radius 2 is 1.96 bits per heavy atom. The Balaban J connectivity index is 3.10. The zero-order valence-electron chi connectivity index (χ0n) is 12.6. The van der Waals surface area contributed by atoms with E-state index in [0.29, 0.717) is 0 Å². The van der Waals surface area contributed by atoms with Crippen LogP contribution in [0.15, 0.2) is 0 Å². The van der Waals surface area contributed by atoms with Crippen molar-refractivity contribution in [2.75, 3.05) is 6.61 Å². The van der Waals surface area contributed by atoms with E-state index in [0.717, 1.165) is 0 Å². The van der Waals surface area contributed by atoms with Gasteiger partial charge in [-0.1, -0.05) is 0 Å². The molecule has 6 atom stereocenters. The SMILES string of the molecule is CC(=O)N[C@H]1[C@H]([C@H](O)[C@H](O)CO)O[C@@H](C(=O)O)C[C@@H]1NC(N)N. The predicted octanol–water partition coefficient (Wildman–Crippen LogP) is -4.39. The number of amides is 1. The van der Waals surface area contributed by atoms with E-state index in [-0.39, 0.29) is 6.42 Å². The van der Waals surface area contributed by atoms with Gasteiger partial charge < -0.3 is 41.9 Å². The molecule has 11 nitrogen and oxygen atoms in total. The average molecular weight is 336 g/mol. The normalized spacial score (nSPS) is 30.7. The van der Waals surface area contributed by atoms with Crippen LogP contribution in [0.3, 0.4) is 0 Å². The maximum Gasteiger partial charge on any atom is 0.332 e. The van der Waals surface area contributed by atoms with Crippen LogP contribution in [0.4, 0.5) is 0 Å². The van der Waals surface area contributed by atoms with Crippen molar-refractivity contribution in [3.63, 3.8) is 0 Å². The van der Waals surface area contributed by atoms with Crippen molar-refractivity contribution in [3.8, 4) is 0 Å². The Hall–Kier alpha value is -1.34. The third-order valence-electron chi connectivity index (χ3n) is 3.55. The molecule has 1 rings (SSSR count). The van der Waals surface area contributed by atoms with Crippen LogP contribution in [-0.4, -0.2) is 81.7 Å². The first-order valence-electron chi connectivity index (χ1n) is 7.07. The Kier molecular flexibility index (Phi) is 7.28. The monoisotopic (exact) mass is 336 g/mol. The molecule has 0 bridgehead atoms. The summed E-state index contributed by atoms with van der Waals surface area (Å²) in [6.07, 6.45) is -6.85. The van der Waals surface area contributed by atoms with Crippen LogP contribution in [0.25, 0.3) is 0 Å². The largest absolute Gasteiger partial charge is 0.479 e. The molecule has 23 heavy (non-hydrogen) atoms. The first kappa shape index (κ1) is 19.7. The van der Waals surface area contributed by atoms with Crippen LogP contribution >= 0.6 is 0 Å². The van der Waals surface area contributed by atoms with Gasteiger partial charge in [0.25, 0.3) is 0 Å². The summed E-state index contributed by atoms with van der Waals surface area (Å²) in [6.45, 7) is 0.467. The number of hydrogen-bond donors (Lipinski definition) is 8. The standard InChI is InChI=1S/C12H24N4O7/c1-4(18)15-8-5(16-12(13)14)2-7(11(21)22)23-10(8)9(20)6(19)3-17/h5-10,12,16-17,19-20H,2-3,13-14H2,1H3,(H,15,18)(H,21,22)/t5-,6+,7+,8+,9+,10+/m0/s1. The summed E-state index contributed by atoms with van der Waals surface area (Å²) in [5, 5.41) is 43.1. The number of aliphatic hydroxyl groups is 3. The lowest BCUT2D eigenvalue weighted by molar-refractivity contribution is -0.184. The molecule has 0 radical (unpaired) electrons.